The van der Waals surface area contributed by atoms with Gasteiger partial charge in [-0.3, -0.25) is 19.9 Å². The first-order chi connectivity index (χ1) is 51.1. The van der Waals surface area contributed by atoms with E-state index < -0.39 is 12.7 Å². The van der Waals surface area contributed by atoms with Gasteiger partial charge in [0.05, 0.1) is 22.8 Å². The van der Waals surface area contributed by atoms with Gasteiger partial charge in [-0.05, 0) is 218 Å². The molecule has 534 valence electrons. The van der Waals surface area contributed by atoms with Crippen molar-refractivity contribution in [3.8, 4) is 89.5 Å². The summed E-state index contributed by atoms with van der Waals surface area (Å²) < 4.78 is 40.6. The van der Waals surface area contributed by atoms with Gasteiger partial charge >= 0.3 is 0 Å². The van der Waals surface area contributed by atoms with Gasteiger partial charge in [0.1, 0.15) is 28.2 Å². The summed E-state index contributed by atoms with van der Waals surface area (Å²) in [7, 11) is 8.34. The molecule has 0 fully saturated rings. The van der Waals surface area contributed by atoms with Gasteiger partial charge < -0.3 is 0 Å². The Bertz CT molecular complexity index is 5710. The summed E-state index contributed by atoms with van der Waals surface area (Å²) >= 11 is 0. The van der Waals surface area contributed by atoms with Gasteiger partial charge in [0.15, 0.2) is 24.8 Å². The molecule has 0 spiro atoms. The highest BCUT2D eigenvalue weighted by atomic mass is 14.9. The van der Waals surface area contributed by atoms with Gasteiger partial charge in [-0.15, -0.1) is 0 Å². The van der Waals surface area contributed by atoms with Crippen LogP contribution in [-0.4, -0.2) is 19.9 Å². The second kappa shape index (κ2) is 27.2. The monoisotopic (exact) mass is 1390 g/mol. The smallest absolute Gasteiger partial charge is 0.212 e. The van der Waals surface area contributed by atoms with Gasteiger partial charge in [0, 0.05) is 143 Å². The summed E-state index contributed by atoms with van der Waals surface area (Å²) in [5.74, 6) is -1.16. The van der Waals surface area contributed by atoms with E-state index in [-0.39, 0.29) is 21.7 Å². The van der Waals surface area contributed by atoms with Crippen LogP contribution in [0.2, 0.25) is 0 Å². The third-order valence-electron chi connectivity index (χ3n) is 23.3. The zero-order chi connectivity index (χ0) is 79.0. The number of fused-ring (bicyclic) bond motifs is 12. The Morgan fingerprint density at radius 2 is 0.619 bits per heavy atom. The van der Waals surface area contributed by atoms with E-state index in [1.54, 1.807) is 6.07 Å². The van der Waals surface area contributed by atoms with Crippen molar-refractivity contribution in [2.45, 2.75) is 192 Å². The number of hydrogen-bond donors (Lipinski definition) is 0. The highest BCUT2D eigenvalue weighted by molar-refractivity contribution is 5.87. The first-order valence-corrected chi connectivity index (χ1v) is 37.6. The Morgan fingerprint density at radius 1 is 0.333 bits per heavy atom. The molecule has 0 amide bonds. The molecule has 105 heavy (non-hydrogen) atoms. The summed E-state index contributed by atoms with van der Waals surface area (Å²) in [5, 5.41) is 0. The van der Waals surface area contributed by atoms with Gasteiger partial charge in [-0.1, -0.05) is 138 Å². The van der Waals surface area contributed by atoms with Gasteiger partial charge in [-0.2, -0.15) is 0 Å². The fraction of sp³-hybridized carbons (Fsp3) is 0.340. The van der Waals surface area contributed by atoms with Crippen molar-refractivity contribution in [3.05, 3.63) is 283 Å². The number of hydrogen-bond acceptors (Lipinski definition) is 4. The van der Waals surface area contributed by atoms with Gasteiger partial charge in [-0.25, -0.2) is 18.3 Å². The van der Waals surface area contributed by atoms with E-state index in [1.807, 2.05) is 30.8 Å². The molecule has 8 heteroatoms. The van der Waals surface area contributed by atoms with E-state index in [9.17, 15) is 0 Å². The Balaban J connectivity index is 0.000000128. The zero-order valence-electron chi connectivity index (χ0n) is 71.0. The maximum absolute atomic E-state index is 8.52. The molecule has 1 atom stereocenters. The summed E-state index contributed by atoms with van der Waals surface area (Å²) in [6.45, 7) is 43.1. The Kier molecular flexibility index (Phi) is 17.7. The fourth-order valence-corrected chi connectivity index (χ4v) is 16.7. The van der Waals surface area contributed by atoms with Crippen LogP contribution >= 0.6 is 0 Å². The number of aryl methyl sites for hydroxylation is 14. The van der Waals surface area contributed by atoms with Crippen molar-refractivity contribution >= 4 is 0 Å². The highest BCUT2D eigenvalue weighted by Crippen LogP contribution is 2.54. The minimum atomic E-state index is -2.41. The molecule has 16 rings (SSSR count). The Labute approximate surface area is 632 Å². The number of nitrogens with zero attached hydrogens (tertiary/aromatic N) is 8. The first kappa shape index (κ1) is 68.2. The van der Waals surface area contributed by atoms with E-state index in [0.29, 0.717) is 11.5 Å². The molecule has 4 aromatic carbocycles. The summed E-state index contributed by atoms with van der Waals surface area (Å²) in [6, 6.07) is 53.1. The number of aromatic nitrogens is 8. The van der Waals surface area contributed by atoms with E-state index in [2.05, 4.69) is 318 Å². The molecule has 4 aliphatic carbocycles. The normalized spacial score (nSPS) is 15.6. The molecule has 8 heterocycles. The van der Waals surface area contributed by atoms with Crippen molar-refractivity contribution in [1.29, 1.82) is 0 Å². The third-order valence-corrected chi connectivity index (χ3v) is 23.3. The maximum Gasteiger partial charge on any atom is 0.212 e. The van der Waals surface area contributed by atoms with Crippen LogP contribution in [0.1, 0.15) is 220 Å². The molecule has 0 saturated carbocycles. The molecule has 4 aliphatic rings. The van der Waals surface area contributed by atoms with Crippen LogP contribution in [0.5, 0.6) is 0 Å². The lowest BCUT2D eigenvalue weighted by molar-refractivity contribution is -0.660. The van der Waals surface area contributed by atoms with Gasteiger partial charge in [0.25, 0.3) is 0 Å². The third kappa shape index (κ3) is 13.0. The summed E-state index contributed by atoms with van der Waals surface area (Å²) in [6.07, 6.45) is 9.40. The van der Waals surface area contributed by atoms with Crippen molar-refractivity contribution in [2.75, 3.05) is 0 Å². The van der Waals surface area contributed by atoms with Crippen LogP contribution in [0, 0.1) is 62.3 Å². The molecule has 0 aliphatic heterocycles. The summed E-state index contributed by atoms with van der Waals surface area (Å²) in [4.78, 5) is 19.5. The quantitative estimate of drug-likeness (QED) is 0.149. The van der Waals surface area contributed by atoms with Crippen LogP contribution in [0.4, 0.5) is 0 Å². The fourth-order valence-electron chi connectivity index (χ4n) is 16.7. The van der Waals surface area contributed by atoms with E-state index in [4.69, 9.17) is 25.4 Å². The molecule has 8 nitrogen and oxygen atoms in total. The van der Waals surface area contributed by atoms with Crippen LogP contribution in [-0.2, 0) is 56.3 Å². The summed E-state index contributed by atoms with van der Waals surface area (Å²) in [5.41, 5.74) is 43.4. The van der Waals surface area contributed by atoms with E-state index in [1.165, 1.54) is 158 Å². The lowest BCUT2D eigenvalue weighted by Crippen LogP contribution is -2.31. The maximum atomic E-state index is 8.52. The van der Waals surface area contributed by atoms with Crippen molar-refractivity contribution in [2.24, 2.45) is 28.2 Å². The largest absolute Gasteiger partial charge is 0.257 e. The molecule has 0 N–H and O–H groups in total. The van der Waals surface area contributed by atoms with Crippen molar-refractivity contribution in [1.82, 2.24) is 19.9 Å². The van der Waals surface area contributed by atoms with E-state index in [0.717, 1.165) is 51.7 Å². The predicted octanol–water partition coefficient (Wildman–Crippen LogP) is 21.1. The Morgan fingerprint density at radius 3 is 0.933 bits per heavy atom. The molecule has 0 saturated heterocycles. The number of pyridine rings is 8. The second-order valence-electron chi connectivity index (χ2n) is 33.0. The van der Waals surface area contributed by atoms with Crippen LogP contribution in [0.15, 0.2) is 170 Å². The molecule has 8 aromatic heterocycles. The van der Waals surface area contributed by atoms with Crippen molar-refractivity contribution in [3.63, 3.8) is 0 Å². The molecule has 1 unspecified atom stereocenters. The average Bonchev–Trinajstić information content (AvgIpc) is 1.56. The second-order valence-corrected chi connectivity index (χ2v) is 33.0. The van der Waals surface area contributed by atoms with Crippen LogP contribution in [0.3, 0.4) is 0 Å². The lowest BCUT2D eigenvalue weighted by atomic mass is 9.83. The van der Waals surface area contributed by atoms with Crippen molar-refractivity contribution < 1.29 is 23.8 Å². The number of rotatable bonds is 7. The van der Waals surface area contributed by atoms with Gasteiger partial charge in [0.2, 0.25) is 22.8 Å². The number of benzene rings is 4. The minimum absolute atomic E-state index is 0.0679. The highest BCUT2D eigenvalue weighted by Gasteiger charge is 2.43. The van der Waals surface area contributed by atoms with E-state index >= 15 is 0 Å². The van der Waals surface area contributed by atoms with Crippen LogP contribution in [0.25, 0.3) is 89.5 Å². The predicted molar refractivity (Wildman–Crippen MR) is 434 cm³/mol. The molecule has 12 aromatic rings. The van der Waals surface area contributed by atoms with Crippen LogP contribution < -0.4 is 18.3 Å². The lowest BCUT2D eigenvalue weighted by Gasteiger charge is -2.21. The minimum Gasteiger partial charge on any atom is -0.257 e. The molecular formula is C97H110N8+4. The molecular weight excluding hydrogens is 1280 g/mol. The Hall–Kier alpha value is -9.92. The zero-order valence-corrected chi connectivity index (χ0v) is 67.0. The SMILES string of the molecule is CCc1cc[n+](C)c(-c2cc3c(cc2C)-c2ccc(C)nc2C3(C)C)c1.Cc1cc[n+](C)c(-c2cc3c(cc2C)-c2ccc(C)nc2C3(C)C)c1.Cc1ccc2c(n1)C(C)(C)c1cc(-c3cc(C(C)C)cc[n+]3C)c(C)cc1-2.[2H]C([2H])([2H])C([2H])(C)c1cc[n+](C)c(-c2cc3c(cc2C)-c2ccc(C)nc2C3(C)C)c1. The first-order valence-electron chi connectivity index (χ1n) is 39.6. The average molecular weight is 1390 g/mol. The molecule has 0 bridgehead atoms. The standard InChI is InChI=1S/2C25H29N2.C24H27N2.C23H25N2/c2*1-15(2)18-10-11-27(7)23(13-18)20-14-22-21(12-16(20)3)19-9-8-17(4)26-24(19)25(22,5)6;1-7-17-10-11-26(6)22(13-17)19-14-21-20(12-15(19)2)18-9-8-16(3)25-23(18)24(21,4)5;1-14-9-10-25(6)21(11-14)18-13-20-19(12-15(18)2)17-8-7-16(3)24-22(17)23(20,4)5/h2*8-15H,1-7H3;8-14H,7H2,1-6H3;7-13H,1-6H3/q4*+1/i1D3,15D;;;. The molecule has 0 radical (unpaired) electrons. The topological polar surface area (TPSA) is 67.1 Å².